The lowest BCUT2D eigenvalue weighted by Crippen LogP contribution is -2.23. The number of rotatable bonds is 4. The molecule has 3 aromatic rings. The fraction of sp³-hybridized carbons (Fsp3) is 0.188. The summed E-state index contributed by atoms with van der Waals surface area (Å²) in [5, 5.41) is 3.66. The first kappa shape index (κ1) is 13.3. The van der Waals surface area contributed by atoms with Gasteiger partial charge in [-0.05, 0) is 31.2 Å². The van der Waals surface area contributed by atoms with E-state index in [1.54, 1.807) is 19.4 Å². The molecule has 108 valence electrons. The molecule has 21 heavy (non-hydrogen) atoms. The van der Waals surface area contributed by atoms with Crippen LogP contribution < -0.4 is 10.1 Å². The molecule has 0 bridgehead atoms. The van der Waals surface area contributed by atoms with E-state index in [1.807, 2.05) is 31.2 Å². The molecule has 2 heterocycles. The number of aromatic amines is 1. The van der Waals surface area contributed by atoms with Crippen LogP contribution in [-0.2, 0) is 6.54 Å². The zero-order valence-corrected chi connectivity index (χ0v) is 11.9. The van der Waals surface area contributed by atoms with Crippen molar-refractivity contribution in [3.05, 3.63) is 53.6 Å². The predicted octanol–water partition coefficient (Wildman–Crippen LogP) is 3.01. The van der Waals surface area contributed by atoms with Gasteiger partial charge in [0.1, 0.15) is 11.5 Å². The fourth-order valence-electron chi connectivity index (χ4n) is 2.47. The minimum atomic E-state index is -0.153. The lowest BCUT2D eigenvalue weighted by Gasteiger charge is -2.06. The number of amides is 1. The Kier molecular flexibility index (Phi) is 3.39. The Morgan fingerprint density at radius 1 is 1.33 bits per heavy atom. The second-order valence-corrected chi connectivity index (χ2v) is 4.77. The molecule has 0 spiro atoms. The molecule has 0 saturated heterocycles. The van der Waals surface area contributed by atoms with Crippen molar-refractivity contribution < 1.29 is 13.9 Å². The van der Waals surface area contributed by atoms with Crippen LogP contribution >= 0.6 is 0 Å². The van der Waals surface area contributed by atoms with Crippen LogP contribution in [0.2, 0.25) is 0 Å². The summed E-state index contributed by atoms with van der Waals surface area (Å²) in [6.07, 6.45) is 1.58. The maximum Gasteiger partial charge on any atom is 0.254 e. The molecule has 0 aliphatic rings. The number of H-pyrrole nitrogens is 1. The number of aromatic nitrogens is 1. The molecule has 0 atom stereocenters. The van der Waals surface area contributed by atoms with Crippen LogP contribution in [0, 0.1) is 6.92 Å². The number of carbonyl (C=O) groups excluding carboxylic acids is 1. The van der Waals surface area contributed by atoms with Crippen molar-refractivity contribution in [3.63, 3.8) is 0 Å². The number of nitrogens with one attached hydrogen (secondary N) is 2. The van der Waals surface area contributed by atoms with Crippen molar-refractivity contribution in [2.75, 3.05) is 7.11 Å². The topological polar surface area (TPSA) is 67.3 Å². The van der Waals surface area contributed by atoms with Gasteiger partial charge < -0.3 is 19.5 Å². The number of furan rings is 1. The third-order valence-corrected chi connectivity index (χ3v) is 3.42. The van der Waals surface area contributed by atoms with Crippen molar-refractivity contribution in [2.45, 2.75) is 13.5 Å². The standard InChI is InChI=1S/C16H16N2O3/c1-10-14(16(19)17-9-11-5-4-8-21-11)15-12(18-10)6-3-7-13(15)20-2/h3-8,18H,9H2,1-2H3,(H,17,19). The Hall–Kier alpha value is -2.69. The van der Waals surface area contributed by atoms with Gasteiger partial charge >= 0.3 is 0 Å². The van der Waals surface area contributed by atoms with Crippen LogP contribution in [0.3, 0.4) is 0 Å². The van der Waals surface area contributed by atoms with E-state index in [0.29, 0.717) is 23.6 Å². The highest BCUT2D eigenvalue weighted by atomic mass is 16.5. The van der Waals surface area contributed by atoms with E-state index >= 15 is 0 Å². The number of aryl methyl sites for hydroxylation is 1. The number of carbonyl (C=O) groups is 1. The monoisotopic (exact) mass is 284 g/mol. The van der Waals surface area contributed by atoms with Crippen LogP contribution in [0.4, 0.5) is 0 Å². The smallest absolute Gasteiger partial charge is 0.254 e. The number of benzene rings is 1. The van der Waals surface area contributed by atoms with Crippen molar-refractivity contribution in [3.8, 4) is 5.75 Å². The third kappa shape index (κ3) is 2.38. The normalized spacial score (nSPS) is 10.8. The summed E-state index contributed by atoms with van der Waals surface area (Å²) in [6, 6.07) is 9.28. The van der Waals surface area contributed by atoms with E-state index in [0.717, 1.165) is 16.6 Å². The maximum absolute atomic E-state index is 12.5. The van der Waals surface area contributed by atoms with Gasteiger partial charge in [0.15, 0.2) is 0 Å². The van der Waals surface area contributed by atoms with Gasteiger partial charge in [0.2, 0.25) is 0 Å². The number of methoxy groups -OCH3 is 1. The van der Waals surface area contributed by atoms with Crippen molar-refractivity contribution >= 4 is 16.8 Å². The third-order valence-electron chi connectivity index (χ3n) is 3.42. The zero-order chi connectivity index (χ0) is 14.8. The first-order chi connectivity index (χ1) is 10.2. The molecule has 1 amide bonds. The van der Waals surface area contributed by atoms with E-state index < -0.39 is 0 Å². The van der Waals surface area contributed by atoms with Gasteiger partial charge in [0.05, 0.1) is 36.4 Å². The van der Waals surface area contributed by atoms with E-state index in [4.69, 9.17) is 9.15 Å². The maximum atomic E-state index is 12.5. The van der Waals surface area contributed by atoms with E-state index in [1.165, 1.54) is 0 Å². The number of hydrogen-bond acceptors (Lipinski definition) is 3. The van der Waals surface area contributed by atoms with Gasteiger partial charge in [0, 0.05) is 5.69 Å². The lowest BCUT2D eigenvalue weighted by atomic mass is 10.1. The Morgan fingerprint density at radius 3 is 2.90 bits per heavy atom. The fourth-order valence-corrected chi connectivity index (χ4v) is 2.47. The van der Waals surface area contributed by atoms with E-state index in [2.05, 4.69) is 10.3 Å². The molecule has 3 rings (SSSR count). The Labute approximate surface area is 121 Å². The molecule has 5 heteroatoms. The lowest BCUT2D eigenvalue weighted by molar-refractivity contribution is 0.0949. The highest BCUT2D eigenvalue weighted by Crippen LogP contribution is 2.30. The molecule has 0 fully saturated rings. The van der Waals surface area contributed by atoms with Crippen LogP contribution in [0.15, 0.2) is 41.0 Å². The average molecular weight is 284 g/mol. The van der Waals surface area contributed by atoms with Gasteiger partial charge in [-0.2, -0.15) is 0 Å². The summed E-state index contributed by atoms with van der Waals surface area (Å²) in [5.74, 6) is 1.24. The predicted molar refractivity (Wildman–Crippen MR) is 79.5 cm³/mol. The Morgan fingerprint density at radius 2 is 2.19 bits per heavy atom. The van der Waals surface area contributed by atoms with Crippen molar-refractivity contribution in [2.24, 2.45) is 0 Å². The molecule has 2 aromatic heterocycles. The molecule has 0 radical (unpaired) electrons. The zero-order valence-electron chi connectivity index (χ0n) is 11.9. The Balaban J connectivity index is 1.95. The molecule has 0 saturated carbocycles. The second-order valence-electron chi connectivity index (χ2n) is 4.77. The molecular weight excluding hydrogens is 268 g/mol. The summed E-state index contributed by atoms with van der Waals surface area (Å²) < 4.78 is 10.6. The minimum Gasteiger partial charge on any atom is -0.496 e. The highest BCUT2D eigenvalue weighted by molar-refractivity contribution is 6.10. The molecule has 0 aliphatic heterocycles. The largest absolute Gasteiger partial charge is 0.496 e. The number of fused-ring (bicyclic) bond motifs is 1. The van der Waals surface area contributed by atoms with Gasteiger partial charge in [-0.1, -0.05) is 6.07 Å². The molecule has 5 nitrogen and oxygen atoms in total. The first-order valence-corrected chi connectivity index (χ1v) is 6.66. The summed E-state index contributed by atoms with van der Waals surface area (Å²) >= 11 is 0. The van der Waals surface area contributed by atoms with Crippen LogP contribution in [-0.4, -0.2) is 18.0 Å². The highest BCUT2D eigenvalue weighted by Gasteiger charge is 2.19. The first-order valence-electron chi connectivity index (χ1n) is 6.66. The second kappa shape index (κ2) is 5.36. The Bertz CT molecular complexity index is 772. The summed E-state index contributed by atoms with van der Waals surface area (Å²) in [5.41, 5.74) is 2.30. The van der Waals surface area contributed by atoms with Crippen LogP contribution in [0.5, 0.6) is 5.75 Å². The quantitative estimate of drug-likeness (QED) is 0.774. The summed E-state index contributed by atoms with van der Waals surface area (Å²) in [7, 11) is 1.60. The number of hydrogen-bond donors (Lipinski definition) is 2. The average Bonchev–Trinajstić information content (AvgIpc) is 3.10. The summed E-state index contributed by atoms with van der Waals surface area (Å²) in [4.78, 5) is 15.7. The van der Waals surface area contributed by atoms with Gasteiger partial charge in [-0.25, -0.2) is 0 Å². The molecule has 0 aliphatic carbocycles. The van der Waals surface area contributed by atoms with Gasteiger partial charge in [0.25, 0.3) is 5.91 Å². The SMILES string of the molecule is COc1cccc2[nH]c(C)c(C(=O)NCc3ccco3)c12. The van der Waals surface area contributed by atoms with Crippen molar-refractivity contribution in [1.29, 1.82) is 0 Å². The van der Waals surface area contributed by atoms with Gasteiger partial charge in [-0.15, -0.1) is 0 Å². The number of ether oxygens (including phenoxy) is 1. The molecule has 2 N–H and O–H groups in total. The van der Waals surface area contributed by atoms with Crippen LogP contribution in [0.1, 0.15) is 21.8 Å². The van der Waals surface area contributed by atoms with E-state index in [-0.39, 0.29) is 5.91 Å². The van der Waals surface area contributed by atoms with Crippen LogP contribution in [0.25, 0.3) is 10.9 Å². The van der Waals surface area contributed by atoms with E-state index in [9.17, 15) is 4.79 Å². The van der Waals surface area contributed by atoms with Crippen molar-refractivity contribution in [1.82, 2.24) is 10.3 Å². The minimum absolute atomic E-state index is 0.153. The molecule has 0 unspecified atom stereocenters. The summed E-state index contributed by atoms with van der Waals surface area (Å²) in [6.45, 7) is 2.23. The van der Waals surface area contributed by atoms with Gasteiger partial charge in [-0.3, -0.25) is 4.79 Å². The molecule has 1 aromatic carbocycles. The molecular formula is C16H16N2O3.